The first-order valence-corrected chi connectivity index (χ1v) is 12.5. The van der Waals surface area contributed by atoms with Crippen LogP contribution >= 0.6 is 11.8 Å². The van der Waals surface area contributed by atoms with Crippen molar-refractivity contribution in [1.29, 1.82) is 0 Å². The summed E-state index contributed by atoms with van der Waals surface area (Å²) in [6.07, 6.45) is 1.03. The Bertz CT molecular complexity index is 1070. The molecule has 0 bridgehead atoms. The maximum absolute atomic E-state index is 12.8. The van der Waals surface area contributed by atoms with Gasteiger partial charge in [0.25, 0.3) is 0 Å². The fourth-order valence-electron chi connectivity index (χ4n) is 4.54. The molecular formula is C26H28N2O5S. The van der Waals surface area contributed by atoms with Gasteiger partial charge >= 0.3 is 12.1 Å². The Morgan fingerprint density at radius 2 is 1.76 bits per heavy atom. The number of fused-ring (bicyclic) bond motifs is 3. The third-order valence-corrected chi connectivity index (χ3v) is 7.33. The van der Waals surface area contributed by atoms with Gasteiger partial charge in [-0.3, -0.25) is 9.59 Å². The first-order valence-electron chi connectivity index (χ1n) is 11.3. The van der Waals surface area contributed by atoms with E-state index in [-0.39, 0.29) is 37.4 Å². The Kier molecular flexibility index (Phi) is 7.57. The highest BCUT2D eigenvalue weighted by molar-refractivity contribution is 7.99. The number of benzene rings is 2. The number of nitrogens with zero attached hydrogens (tertiary/aromatic N) is 1. The maximum Gasteiger partial charge on any atom is 0.407 e. The summed E-state index contributed by atoms with van der Waals surface area (Å²) >= 11 is 1.66. The van der Waals surface area contributed by atoms with E-state index in [4.69, 9.17) is 9.84 Å². The molecule has 2 aliphatic rings. The van der Waals surface area contributed by atoms with Crippen LogP contribution in [0.15, 0.2) is 60.2 Å². The van der Waals surface area contributed by atoms with Crippen LogP contribution in [0.1, 0.15) is 30.4 Å². The Morgan fingerprint density at radius 1 is 1.12 bits per heavy atom. The van der Waals surface area contributed by atoms with Crippen molar-refractivity contribution in [3.8, 4) is 11.1 Å². The van der Waals surface area contributed by atoms with E-state index < -0.39 is 12.1 Å². The van der Waals surface area contributed by atoms with Crippen molar-refractivity contribution in [1.82, 2.24) is 10.2 Å². The zero-order valence-electron chi connectivity index (χ0n) is 19.0. The molecule has 0 aromatic heterocycles. The van der Waals surface area contributed by atoms with Crippen LogP contribution in [0.5, 0.6) is 0 Å². The smallest absolute Gasteiger partial charge is 0.407 e. The van der Waals surface area contributed by atoms with Crippen LogP contribution in [0, 0.1) is 0 Å². The molecule has 1 fully saturated rings. The molecule has 2 amide bonds. The van der Waals surface area contributed by atoms with E-state index in [9.17, 15) is 14.4 Å². The highest BCUT2D eigenvalue weighted by Crippen LogP contribution is 2.44. The van der Waals surface area contributed by atoms with E-state index in [1.165, 1.54) is 11.1 Å². The van der Waals surface area contributed by atoms with Crippen molar-refractivity contribution >= 4 is 29.7 Å². The predicted molar refractivity (Wildman–Crippen MR) is 132 cm³/mol. The summed E-state index contributed by atoms with van der Waals surface area (Å²) in [7, 11) is 0. The Morgan fingerprint density at radius 3 is 2.41 bits per heavy atom. The molecule has 34 heavy (non-hydrogen) atoms. The number of thioether (sulfide) groups is 1. The monoisotopic (exact) mass is 480 g/mol. The van der Waals surface area contributed by atoms with Crippen LogP contribution in [0.3, 0.4) is 0 Å². The van der Waals surface area contributed by atoms with Crippen LogP contribution in [0.4, 0.5) is 4.79 Å². The van der Waals surface area contributed by atoms with Crippen LogP contribution in [-0.4, -0.2) is 65.2 Å². The summed E-state index contributed by atoms with van der Waals surface area (Å²) in [6.45, 7) is 2.58. The van der Waals surface area contributed by atoms with E-state index in [1.807, 2.05) is 24.3 Å². The molecule has 1 aliphatic carbocycles. The van der Waals surface area contributed by atoms with Gasteiger partial charge in [0.2, 0.25) is 5.91 Å². The van der Waals surface area contributed by atoms with Crippen molar-refractivity contribution in [3.05, 3.63) is 71.3 Å². The van der Waals surface area contributed by atoms with E-state index in [1.54, 1.807) is 29.7 Å². The lowest BCUT2D eigenvalue weighted by Crippen LogP contribution is -2.47. The lowest BCUT2D eigenvalue weighted by Gasteiger charge is -2.34. The van der Waals surface area contributed by atoms with E-state index in [2.05, 4.69) is 29.6 Å². The van der Waals surface area contributed by atoms with Crippen LogP contribution < -0.4 is 5.32 Å². The number of amides is 2. The second-order valence-electron chi connectivity index (χ2n) is 8.42. The third-order valence-electron chi connectivity index (χ3n) is 6.23. The van der Waals surface area contributed by atoms with Gasteiger partial charge in [0.05, 0.1) is 12.5 Å². The van der Waals surface area contributed by atoms with Gasteiger partial charge < -0.3 is 20.1 Å². The van der Waals surface area contributed by atoms with Gasteiger partial charge in [0, 0.05) is 36.1 Å². The highest BCUT2D eigenvalue weighted by Gasteiger charge is 2.30. The molecule has 1 atom stereocenters. The number of nitrogens with one attached hydrogen (secondary N) is 1. The lowest BCUT2D eigenvalue weighted by molar-refractivity contribution is -0.139. The number of aliphatic carboxylic acids is 1. The first kappa shape index (κ1) is 23.9. The van der Waals surface area contributed by atoms with Gasteiger partial charge in [-0.2, -0.15) is 11.8 Å². The lowest BCUT2D eigenvalue weighted by atomic mass is 9.98. The molecule has 2 aromatic carbocycles. The molecule has 1 saturated heterocycles. The van der Waals surface area contributed by atoms with Crippen LogP contribution in [-0.2, 0) is 14.3 Å². The molecule has 2 aromatic rings. The van der Waals surface area contributed by atoms with Gasteiger partial charge in [0.15, 0.2) is 0 Å². The number of ether oxygens (including phenoxy) is 1. The van der Waals surface area contributed by atoms with Gasteiger partial charge in [0.1, 0.15) is 6.61 Å². The number of hydrogen-bond acceptors (Lipinski definition) is 5. The Labute approximate surface area is 203 Å². The minimum atomic E-state index is -0.913. The highest BCUT2D eigenvalue weighted by atomic mass is 32.2. The second-order valence-corrected chi connectivity index (χ2v) is 9.57. The molecule has 0 saturated carbocycles. The molecule has 0 radical (unpaired) electrons. The topological polar surface area (TPSA) is 95.9 Å². The molecule has 7 nitrogen and oxygen atoms in total. The summed E-state index contributed by atoms with van der Waals surface area (Å²) in [5, 5.41) is 11.8. The molecule has 4 rings (SSSR count). The van der Waals surface area contributed by atoms with Crippen molar-refractivity contribution in [2.45, 2.75) is 25.3 Å². The first-order chi connectivity index (χ1) is 16.5. The molecule has 1 unspecified atom stereocenters. The summed E-state index contributed by atoms with van der Waals surface area (Å²) in [5.41, 5.74) is 5.10. The summed E-state index contributed by atoms with van der Waals surface area (Å²) < 4.78 is 5.52. The molecule has 1 heterocycles. The SMILES string of the molecule is C/C(=C\CNC(=O)OCC1c2ccccc2-c2ccccc21)C(=O)N1CCSCC1CC(=O)O. The van der Waals surface area contributed by atoms with Crippen molar-refractivity contribution in [2.75, 3.05) is 31.2 Å². The van der Waals surface area contributed by atoms with Crippen molar-refractivity contribution in [3.63, 3.8) is 0 Å². The zero-order valence-corrected chi connectivity index (χ0v) is 19.8. The summed E-state index contributed by atoms with van der Waals surface area (Å²) in [6, 6.07) is 16.0. The molecule has 178 valence electrons. The van der Waals surface area contributed by atoms with Gasteiger partial charge in [-0.05, 0) is 29.2 Å². The largest absolute Gasteiger partial charge is 0.481 e. The number of carboxylic acids is 1. The molecule has 8 heteroatoms. The average Bonchev–Trinajstić information content (AvgIpc) is 3.16. The second kappa shape index (κ2) is 10.8. The fourth-order valence-corrected chi connectivity index (χ4v) is 5.61. The third kappa shape index (κ3) is 5.28. The average molecular weight is 481 g/mol. The fraction of sp³-hybridized carbons (Fsp3) is 0.346. The quantitative estimate of drug-likeness (QED) is 0.584. The Balaban J connectivity index is 1.30. The minimum absolute atomic E-state index is 0.0138. The standard InChI is InChI=1S/C26H28N2O5S/c1-17(25(31)28-12-13-34-16-18(28)14-24(29)30)10-11-27-26(32)33-15-23-21-8-4-2-6-19(21)20-7-3-5-9-22(20)23/h2-10,18,23H,11-16H2,1H3,(H,27,32)(H,29,30)/b17-10+. The maximum atomic E-state index is 12.8. The van der Waals surface area contributed by atoms with Crippen molar-refractivity contribution in [2.24, 2.45) is 0 Å². The van der Waals surface area contributed by atoms with Crippen molar-refractivity contribution < 1.29 is 24.2 Å². The molecule has 1 aliphatic heterocycles. The number of hydrogen-bond donors (Lipinski definition) is 2. The zero-order chi connectivity index (χ0) is 24.1. The van der Waals surface area contributed by atoms with Gasteiger partial charge in [-0.15, -0.1) is 0 Å². The van der Waals surface area contributed by atoms with E-state index in [0.717, 1.165) is 16.9 Å². The number of alkyl carbamates (subject to hydrolysis) is 1. The number of rotatable bonds is 7. The summed E-state index contributed by atoms with van der Waals surface area (Å²) in [5.74, 6) is 0.279. The summed E-state index contributed by atoms with van der Waals surface area (Å²) in [4.78, 5) is 37.9. The van der Waals surface area contributed by atoms with Crippen LogP contribution in [0.2, 0.25) is 0 Å². The van der Waals surface area contributed by atoms with Crippen LogP contribution in [0.25, 0.3) is 11.1 Å². The number of carbonyl (C=O) groups excluding carboxylic acids is 2. The Hall–Kier alpha value is -3.26. The minimum Gasteiger partial charge on any atom is -0.481 e. The van der Waals surface area contributed by atoms with Gasteiger partial charge in [-0.1, -0.05) is 54.6 Å². The van der Waals surface area contributed by atoms with Gasteiger partial charge in [-0.25, -0.2) is 4.79 Å². The molecular weight excluding hydrogens is 452 g/mol. The van der Waals surface area contributed by atoms with E-state index >= 15 is 0 Å². The predicted octanol–water partition coefficient (Wildman–Crippen LogP) is 3.89. The normalized spacial score (nSPS) is 17.6. The molecule has 2 N–H and O–H groups in total. The number of carbonyl (C=O) groups is 3. The molecule has 0 spiro atoms. The van der Waals surface area contributed by atoms with E-state index in [0.29, 0.717) is 17.9 Å². The number of carboxylic acid groups (broad SMARTS) is 1.